The lowest BCUT2D eigenvalue weighted by Gasteiger charge is -2.16. The molecule has 3 heteroatoms. The summed E-state index contributed by atoms with van der Waals surface area (Å²) in [6.45, 7) is 4.73. The summed E-state index contributed by atoms with van der Waals surface area (Å²) in [5.41, 5.74) is 1.22. The van der Waals surface area contributed by atoms with Crippen molar-refractivity contribution in [2.45, 2.75) is 45.2 Å². The molecule has 1 N–H and O–H groups in total. The van der Waals surface area contributed by atoms with Crippen molar-refractivity contribution in [3.05, 3.63) is 23.8 Å². The molecule has 1 aromatic rings. The van der Waals surface area contributed by atoms with Crippen LogP contribution in [-0.2, 0) is 6.54 Å². The van der Waals surface area contributed by atoms with E-state index in [0.717, 1.165) is 43.6 Å². The highest BCUT2D eigenvalue weighted by atomic mass is 16.5. The van der Waals surface area contributed by atoms with Gasteiger partial charge in [-0.05, 0) is 31.2 Å². The summed E-state index contributed by atoms with van der Waals surface area (Å²) >= 11 is 0. The summed E-state index contributed by atoms with van der Waals surface area (Å²) in [7, 11) is 0. The predicted octanol–water partition coefficient (Wildman–Crippen LogP) is 3.13. The Kier molecular flexibility index (Phi) is 3.92. The molecule has 3 nitrogen and oxygen atoms in total. The fourth-order valence-electron chi connectivity index (χ4n) is 3.04. The summed E-state index contributed by atoms with van der Waals surface area (Å²) in [4.78, 5) is 0. The fourth-order valence-corrected chi connectivity index (χ4v) is 3.04. The fraction of sp³-hybridized carbons (Fsp3) is 0.625. The Morgan fingerprint density at radius 2 is 2.11 bits per heavy atom. The van der Waals surface area contributed by atoms with Crippen LogP contribution in [0.15, 0.2) is 18.2 Å². The summed E-state index contributed by atoms with van der Waals surface area (Å²) < 4.78 is 11.6. The Balaban J connectivity index is 1.67. The Labute approximate surface area is 115 Å². The summed E-state index contributed by atoms with van der Waals surface area (Å²) in [6, 6.07) is 6.86. The molecule has 1 aromatic carbocycles. The third kappa shape index (κ3) is 3.03. The van der Waals surface area contributed by atoms with Gasteiger partial charge in [-0.25, -0.2) is 0 Å². The number of nitrogens with one attached hydrogen (secondary N) is 1. The van der Waals surface area contributed by atoms with Crippen molar-refractivity contribution >= 4 is 0 Å². The Bertz CT molecular complexity index is 433. The van der Waals surface area contributed by atoms with Gasteiger partial charge in [0.2, 0.25) is 0 Å². The van der Waals surface area contributed by atoms with E-state index in [1.54, 1.807) is 0 Å². The van der Waals surface area contributed by atoms with Crippen LogP contribution in [0.25, 0.3) is 0 Å². The minimum Gasteiger partial charge on any atom is -0.490 e. The van der Waals surface area contributed by atoms with Crippen LogP contribution >= 0.6 is 0 Å². The van der Waals surface area contributed by atoms with Crippen LogP contribution in [0.2, 0.25) is 0 Å². The smallest absolute Gasteiger partial charge is 0.165 e. The first-order chi connectivity index (χ1) is 9.33. The lowest BCUT2D eigenvalue weighted by molar-refractivity contribution is 0.295. The molecular weight excluding hydrogens is 238 g/mol. The van der Waals surface area contributed by atoms with Crippen molar-refractivity contribution in [3.63, 3.8) is 0 Å². The molecule has 0 radical (unpaired) electrons. The number of fused-ring (bicyclic) bond motifs is 1. The van der Waals surface area contributed by atoms with Crippen molar-refractivity contribution in [1.29, 1.82) is 0 Å². The maximum atomic E-state index is 5.85. The molecule has 0 bridgehead atoms. The molecule has 1 saturated carbocycles. The lowest BCUT2D eigenvalue weighted by atomic mass is 10.1. The first kappa shape index (κ1) is 12.8. The third-order valence-corrected chi connectivity index (χ3v) is 4.13. The van der Waals surface area contributed by atoms with Gasteiger partial charge in [-0.2, -0.15) is 0 Å². The zero-order valence-electron chi connectivity index (χ0n) is 11.7. The van der Waals surface area contributed by atoms with Gasteiger partial charge in [-0.15, -0.1) is 0 Å². The van der Waals surface area contributed by atoms with Gasteiger partial charge in [0.15, 0.2) is 11.5 Å². The van der Waals surface area contributed by atoms with Crippen LogP contribution < -0.4 is 14.8 Å². The van der Waals surface area contributed by atoms with Crippen LogP contribution in [0.1, 0.15) is 38.2 Å². The van der Waals surface area contributed by atoms with E-state index < -0.39 is 0 Å². The molecule has 2 unspecified atom stereocenters. The van der Waals surface area contributed by atoms with Crippen LogP contribution in [0.3, 0.4) is 0 Å². The number of benzene rings is 1. The first-order valence-electron chi connectivity index (χ1n) is 7.44. The van der Waals surface area contributed by atoms with Gasteiger partial charge in [0, 0.05) is 24.6 Å². The molecule has 1 aliphatic carbocycles. The number of hydrogen-bond acceptors (Lipinski definition) is 3. The molecule has 1 aliphatic heterocycles. The second-order valence-corrected chi connectivity index (χ2v) is 5.79. The van der Waals surface area contributed by atoms with Crippen LogP contribution in [0, 0.1) is 5.92 Å². The van der Waals surface area contributed by atoms with Crippen molar-refractivity contribution in [3.8, 4) is 11.5 Å². The highest BCUT2D eigenvalue weighted by Crippen LogP contribution is 2.33. The number of ether oxygens (including phenoxy) is 2. The molecule has 0 spiro atoms. The van der Waals surface area contributed by atoms with Gasteiger partial charge in [0.1, 0.15) is 0 Å². The average Bonchev–Trinajstić information content (AvgIpc) is 2.69. The predicted molar refractivity (Wildman–Crippen MR) is 75.7 cm³/mol. The van der Waals surface area contributed by atoms with Crippen molar-refractivity contribution < 1.29 is 9.47 Å². The SMILES string of the molecule is CC1CCC(NCc2cccc3c2OCCCO3)C1. The Morgan fingerprint density at radius 3 is 2.95 bits per heavy atom. The molecule has 19 heavy (non-hydrogen) atoms. The molecule has 1 fully saturated rings. The normalized spacial score (nSPS) is 26.2. The zero-order chi connectivity index (χ0) is 13.1. The van der Waals surface area contributed by atoms with E-state index in [0.29, 0.717) is 6.04 Å². The van der Waals surface area contributed by atoms with Gasteiger partial charge in [-0.3, -0.25) is 0 Å². The van der Waals surface area contributed by atoms with Gasteiger partial charge >= 0.3 is 0 Å². The minimum atomic E-state index is 0.664. The maximum Gasteiger partial charge on any atom is 0.165 e. The van der Waals surface area contributed by atoms with Gasteiger partial charge in [0.05, 0.1) is 13.2 Å². The first-order valence-corrected chi connectivity index (χ1v) is 7.44. The van der Waals surface area contributed by atoms with E-state index in [-0.39, 0.29) is 0 Å². The number of para-hydroxylation sites is 1. The maximum absolute atomic E-state index is 5.85. The molecule has 2 atom stereocenters. The van der Waals surface area contributed by atoms with Crippen LogP contribution in [-0.4, -0.2) is 19.3 Å². The number of rotatable bonds is 3. The van der Waals surface area contributed by atoms with Gasteiger partial charge in [-0.1, -0.05) is 19.1 Å². The molecule has 2 aliphatic rings. The summed E-state index contributed by atoms with van der Waals surface area (Å²) in [5.74, 6) is 2.71. The van der Waals surface area contributed by atoms with Crippen LogP contribution in [0.5, 0.6) is 11.5 Å². The van der Waals surface area contributed by atoms with E-state index in [1.807, 2.05) is 6.07 Å². The average molecular weight is 261 g/mol. The second-order valence-electron chi connectivity index (χ2n) is 5.79. The quantitative estimate of drug-likeness (QED) is 0.906. The topological polar surface area (TPSA) is 30.5 Å². The lowest BCUT2D eigenvalue weighted by Crippen LogP contribution is -2.26. The molecule has 0 saturated heterocycles. The van der Waals surface area contributed by atoms with Gasteiger partial charge < -0.3 is 14.8 Å². The molecule has 104 valence electrons. The highest BCUT2D eigenvalue weighted by Gasteiger charge is 2.21. The Hall–Kier alpha value is -1.22. The van der Waals surface area contributed by atoms with Crippen LogP contribution in [0.4, 0.5) is 0 Å². The van der Waals surface area contributed by atoms with Crippen molar-refractivity contribution in [1.82, 2.24) is 5.32 Å². The van der Waals surface area contributed by atoms with Gasteiger partial charge in [0.25, 0.3) is 0 Å². The van der Waals surface area contributed by atoms with Crippen molar-refractivity contribution in [2.24, 2.45) is 5.92 Å². The standard InChI is InChI=1S/C16H23NO2/c1-12-6-7-14(10-12)17-11-13-4-2-5-15-16(13)19-9-3-8-18-15/h2,4-5,12,14,17H,3,6-11H2,1H3. The zero-order valence-corrected chi connectivity index (χ0v) is 11.7. The van der Waals surface area contributed by atoms with E-state index in [4.69, 9.17) is 9.47 Å². The second kappa shape index (κ2) is 5.83. The van der Waals surface area contributed by atoms with E-state index in [9.17, 15) is 0 Å². The molecule has 0 amide bonds. The van der Waals surface area contributed by atoms with E-state index in [1.165, 1.54) is 24.8 Å². The summed E-state index contributed by atoms with van der Waals surface area (Å²) in [5, 5.41) is 3.66. The molecule has 0 aromatic heterocycles. The molecular formula is C16H23NO2. The third-order valence-electron chi connectivity index (χ3n) is 4.13. The Morgan fingerprint density at radius 1 is 1.21 bits per heavy atom. The largest absolute Gasteiger partial charge is 0.490 e. The number of hydrogen-bond donors (Lipinski definition) is 1. The van der Waals surface area contributed by atoms with E-state index >= 15 is 0 Å². The molecule has 1 heterocycles. The van der Waals surface area contributed by atoms with E-state index in [2.05, 4.69) is 24.4 Å². The highest BCUT2D eigenvalue weighted by molar-refractivity contribution is 5.47. The van der Waals surface area contributed by atoms with Crippen molar-refractivity contribution in [2.75, 3.05) is 13.2 Å². The monoisotopic (exact) mass is 261 g/mol. The summed E-state index contributed by atoms with van der Waals surface area (Å²) in [6.07, 6.45) is 4.91. The molecule has 3 rings (SSSR count). The minimum absolute atomic E-state index is 0.664.